The van der Waals surface area contributed by atoms with E-state index in [0.717, 1.165) is 30.7 Å². The van der Waals surface area contributed by atoms with Gasteiger partial charge in [-0.1, -0.05) is 0 Å². The van der Waals surface area contributed by atoms with Gasteiger partial charge in [-0.2, -0.15) is 5.10 Å². The van der Waals surface area contributed by atoms with Crippen LogP contribution in [-0.4, -0.2) is 20.7 Å². The van der Waals surface area contributed by atoms with Crippen LogP contribution in [0.15, 0.2) is 24.4 Å². The smallest absolute Gasteiger partial charge is 0.256 e. The van der Waals surface area contributed by atoms with Crippen molar-refractivity contribution >= 4 is 22.6 Å². The molecule has 0 bridgehead atoms. The fourth-order valence-corrected chi connectivity index (χ4v) is 3.02. The van der Waals surface area contributed by atoms with E-state index in [0.29, 0.717) is 22.5 Å². The quantitative estimate of drug-likeness (QED) is 0.681. The molecule has 27 heavy (non-hydrogen) atoms. The largest absolute Gasteiger partial charge is 0.322 e. The van der Waals surface area contributed by atoms with Gasteiger partial charge in [-0.15, -0.1) is 0 Å². The van der Waals surface area contributed by atoms with Crippen LogP contribution in [0.2, 0.25) is 0 Å². The number of rotatable bonds is 4. The second-order valence-corrected chi connectivity index (χ2v) is 7.00. The summed E-state index contributed by atoms with van der Waals surface area (Å²) in [5.74, 6) is -4.56. The van der Waals surface area contributed by atoms with Crippen molar-refractivity contribution in [1.82, 2.24) is 14.8 Å². The molecule has 5 nitrogen and oxygen atoms in total. The zero-order chi connectivity index (χ0) is 19.3. The molecule has 1 amide bonds. The molecule has 0 atom stereocenters. The Kier molecular flexibility index (Phi) is 4.13. The SMILES string of the molecule is CC(C)n1ncc2c(C(=O)Nc3cc(F)c(F)c(F)c3)cc(C3CC3)nc21. The van der Waals surface area contributed by atoms with Crippen LogP contribution in [0.4, 0.5) is 18.9 Å². The van der Waals surface area contributed by atoms with Gasteiger partial charge in [0, 0.05) is 35.5 Å². The zero-order valence-corrected chi connectivity index (χ0v) is 14.8. The number of fused-ring (bicyclic) bond motifs is 1. The first kappa shape index (κ1) is 17.5. The summed E-state index contributed by atoms with van der Waals surface area (Å²) in [6, 6.07) is 3.24. The van der Waals surface area contributed by atoms with Crippen LogP contribution in [0.5, 0.6) is 0 Å². The van der Waals surface area contributed by atoms with E-state index in [1.807, 2.05) is 13.8 Å². The molecule has 1 fully saturated rings. The Balaban J connectivity index is 1.77. The summed E-state index contributed by atoms with van der Waals surface area (Å²) < 4.78 is 41.7. The summed E-state index contributed by atoms with van der Waals surface area (Å²) in [5.41, 5.74) is 1.55. The number of hydrogen-bond donors (Lipinski definition) is 1. The summed E-state index contributed by atoms with van der Waals surface area (Å²) in [4.78, 5) is 17.5. The number of carbonyl (C=O) groups is 1. The molecule has 0 spiro atoms. The average Bonchev–Trinajstić information content (AvgIpc) is 3.37. The lowest BCUT2D eigenvalue weighted by atomic mass is 10.1. The number of benzene rings is 1. The Morgan fingerprint density at radius 3 is 2.44 bits per heavy atom. The lowest BCUT2D eigenvalue weighted by molar-refractivity contribution is 0.102. The first-order valence-electron chi connectivity index (χ1n) is 8.69. The molecule has 1 aliphatic rings. The van der Waals surface area contributed by atoms with E-state index in [1.165, 1.54) is 0 Å². The van der Waals surface area contributed by atoms with Gasteiger partial charge in [0.2, 0.25) is 0 Å². The number of amides is 1. The summed E-state index contributed by atoms with van der Waals surface area (Å²) in [7, 11) is 0. The number of aromatic nitrogens is 3. The number of nitrogens with one attached hydrogen (secondary N) is 1. The van der Waals surface area contributed by atoms with Crippen molar-refractivity contribution in [3.05, 3.63) is 53.1 Å². The second-order valence-electron chi connectivity index (χ2n) is 7.00. The van der Waals surface area contributed by atoms with Crippen molar-refractivity contribution in [2.45, 2.75) is 38.6 Å². The van der Waals surface area contributed by atoms with Gasteiger partial charge < -0.3 is 5.32 Å². The van der Waals surface area contributed by atoms with Crippen molar-refractivity contribution in [3.63, 3.8) is 0 Å². The highest BCUT2D eigenvalue weighted by Crippen LogP contribution is 2.40. The Bertz CT molecular complexity index is 1030. The van der Waals surface area contributed by atoms with Gasteiger partial charge in [-0.25, -0.2) is 22.8 Å². The van der Waals surface area contributed by atoms with Gasteiger partial charge >= 0.3 is 0 Å². The Morgan fingerprint density at radius 1 is 1.19 bits per heavy atom. The molecule has 0 aliphatic heterocycles. The predicted molar refractivity (Wildman–Crippen MR) is 94.2 cm³/mol. The molecule has 1 aliphatic carbocycles. The molecule has 3 aromatic rings. The van der Waals surface area contributed by atoms with Crippen molar-refractivity contribution in [2.75, 3.05) is 5.32 Å². The lowest BCUT2D eigenvalue weighted by Crippen LogP contribution is -2.14. The molecule has 1 saturated carbocycles. The maximum atomic E-state index is 13.4. The summed E-state index contributed by atoms with van der Waals surface area (Å²) in [5, 5.41) is 7.29. The highest BCUT2D eigenvalue weighted by molar-refractivity contribution is 6.12. The van der Waals surface area contributed by atoms with Crippen LogP contribution in [0.3, 0.4) is 0 Å². The minimum atomic E-state index is -1.58. The van der Waals surface area contributed by atoms with E-state index < -0.39 is 23.4 Å². The Labute approximate surface area is 153 Å². The van der Waals surface area contributed by atoms with Crippen molar-refractivity contribution in [1.29, 1.82) is 0 Å². The molecule has 1 N–H and O–H groups in total. The number of carbonyl (C=O) groups excluding carboxylic acids is 1. The van der Waals surface area contributed by atoms with Crippen LogP contribution >= 0.6 is 0 Å². The van der Waals surface area contributed by atoms with Crippen molar-refractivity contribution in [2.24, 2.45) is 0 Å². The van der Waals surface area contributed by atoms with E-state index in [-0.39, 0.29) is 11.7 Å². The first-order chi connectivity index (χ1) is 12.8. The van der Waals surface area contributed by atoms with Crippen LogP contribution in [0, 0.1) is 17.5 Å². The number of hydrogen-bond acceptors (Lipinski definition) is 3. The van der Waals surface area contributed by atoms with E-state index in [9.17, 15) is 18.0 Å². The van der Waals surface area contributed by atoms with Gasteiger partial charge in [-0.05, 0) is 32.8 Å². The molecule has 4 rings (SSSR count). The van der Waals surface area contributed by atoms with Crippen LogP contribution in [0.1, 0.15) is 54.7 Å². The minimum Gasteiger partial charge on any atom is -0.322 e. The first-order valence-corrected chi connectivity index (χ1v) is 8.69. The zero-order valence-electron chi connectivity index (χ0n) is 14.8. The van der Waals surface area contributed by atoms with Crippen molar-refractivity contribution in [3.8, 4) is 0 Å². The van der Waals surface area contributed by atoms with Crippen LogP contribution < -0.4 is 5.32 Å². The Hall–Kier alpha value is -2.90. The molecule has 0 saturated heterocycles. The number of nitrogens with zero attached hydrogens (tertiary/aromatic N) is 3. The van der Waals surface area contributed by atoms with Gasteiger partial charge in [0.25, 0.3) is 5.91 Å². The standard InChI is InChI=1S/C19H17F3N4O/c1-9(2)26-18-13(8-23-26)12(7-16(25-18)10-3-4-10)19(27)24-11-5-14(20)17(22)15(21)6-11/h5-10H,3-4H2,1-2H3,(H,24,27). The summed E-state index contributed by atoms with van der Waals surface area (Å²) in [6.07, 6.45) is 3.56. The maximum absolute atomic E-state index is 13.4. The number of anilines is 1. The third-order valence-corrected chi connectivity index (χ3v) is 4.56. The lowest BCUT2D eigenvalue weighted by Gasteiger charge is -2.11. The van der Waals surface area contributed by atoms with Crippen molar-refractivity contribution < 1.29 is 18.0 Å². The summed E-state index contributed by atoms with van der Waals surface area (Å²) in [6.45, 7) is 3.92. The molecule has 2 aromatic heterocycles. The van der Waals surface area contributed by atoms with E-state index >= 15 is 0 Å². The molecule has 1 aromatic carbocycles. The van der Waals surface area contributed by atoms with E-state index in [1.54, 1.807) is 16.9 Å². The third kappa shape index (κ3) is 3.15. The number of pyridine rings is 1. The highest BCUT2D eigenvalue weighted by atomic mass is 19.2. The fraction of sp³-hybridized carbons (Fsp3) is 0.316. The third-order valence-electron chi connectivity index (χ3n) is 4.56. The average molecular weight is 374 g/mol. The minimum absolute atomic E-state index is 0.0562. The maximum Gasteiger partial charge on any atom is 0.256 e. The molecule has 2 heterocycles. The van der Waals surface area contributed by atoms with E-state index in [2.05, 4.69) is 15.4 Å². The molecule has 8 heteroatoms. The monoisotopic (exact) mass is 374 g/mol. The molecule has 0 radical (unpaired) electrons. The molecule has 140 valence electrons. The second kappa shape index (κ2) is 6.37. The molecular formula is C19H17F3N4O. The van der Waals surface area contributed by atoms with Crippen LogP contribution in [0.25, 0.3) is 11.0 Å². The van der Waals surface area contributed by atoms with E-state index in [4.69, 9.17) is 0 Å². The predicted octanol–water partition coefficient (Wildman–Crippen LogP) is 4.56. The fourth-order valence-electron chi connectivity index (χ4n) is 3.02. The summed E-state index contributed by atoms with van der Waals surface area (Å²) >= 11 is 0. The van der Waals surface area contributed by atoms with Gasteiger partial charge in [0.05, 0.1) is 17.1 Å². The van der Waals surface area contributed by atoms with Gasteiger partial charge in [0.1, 0.15) is 0 Å². The van der Waals surface area contributed by atoms with Gasteiger partial charge in [-0.3, -0.25) is 4.79 Å². The topological polar surface area (TPSA) is 59.8 Å². The van der Waals surface area contributed by atoms with Gasteiger partial charge in [0.15, 0.2) is 23.1 Å². The highest BCUT2D eigenvalue weighted by Gasteiger charge is 2.28. The molecule has 0 unspecified atom stereocenters. The normalized spacial score (nSPS) is 14.1. The van der Waals surface area contributed by atoms with Crippen LogP contribution in [-0.2, 0) is 0 Å². The molecular weight excluding hydrogens is 357 g/mol. The Morgan fingerprint density at radius 2 is 1.85 bits per heavy atom. The number of halogens is 3.